The predicted molar refractivity (Wildman–Crippen MR) is 85.9 cm³/mol. The third kappa shape index (κ3) is 3.83. The second kappa shape index (κ2) is 7.77. The highest BCUT2D eigenvalue weighted by Gasteiger charge is 2.26. The summed E-state index contributed by atoms with van der Waals surface area (Å²) in [5, 5.41) is 20.7. The molecule has 7 heteroatoms. The molecule has 0 aromatic carbocycles. The van der Waals surface area contributed by atoms with Crippen LogP contribution in [0.4, 0.5) is 4.79 Å². The zero-order valence-electron chi connectivity index (χ0n) is 13.7. The van der Waals surface area contributed by atoms with Gasteiger partial charge in [-0.15, -0.1) is 10.2 Å². The summed E-state index contributed by atoms with van der Waals surface area (Å²) in [6.45, 7) is 2.28. The molecule has 1 aromatic rings. The van der Waals surface area contributed by atoms with Crippen molar-refractivity contribution in [3.63, 3.8) is 0 Å². The van der Waals surface area contributed by atoms with Gasteiger partial charge in [0.2, 0.25) is 0 Å². The summed E-state index contributed by atoms with van der Waals surface area (Å²) in [7, 11) is 0. The minimum Gasteiger partial charge on any atom is -0.396 e. The standard InChI is InChI=1S/C16H27N5O2/c22-11-8-13-6-3-5-9-20(13)16(23)17-12-15-19-18-14-7-2-1-4-10-21(14)15/h13,22H,1-12H2,(H,17,23). The van der Waals surface area contributed by atoms with Crippen LogP contribution in [0.25, 0.3) is 0 Å². The minimum atomic E-state index is -0.0471. The van der Waals surface area contributed by atoms with E-state index in [4.69, 9.17) is 0 Å². The monoisotopic (exact) mass is 321 g/mol. The average Bonchev–Trinajstić information content (AvgIpc) is 2.80. The topological polar surface area (TPSA) is 83.3 Å². The third-order valence-electron chi connectivity index (χ3n) is 4.93. The number of fused-ring (bicyclic) bond motifs is 1. The van der Waals surface area contributed by atoms with Crippen LogP contribution in [0.1, 0.15) is 56.6 Å². The number of urea groups is 1. The molecule has 1 fully saturated rings. The lowest BCUT2D eigenvalue weighted by molar-refractivity contribution is 0.131. The summed E-state index contributed by atoms with van der Waals surface area (Å²) >= 11 is 0. The SMILES string of the molecule is O=C(NCc1nnc2n1CCCCC2)N1CCCCC1CCO. The highest BCUT2D eigenvalue weighted by Crippen LogP contribution is 2.20. The van der Waals surface area contributed by atoms with Crippen molar-refractivity contribution in [3.8, 4) is 0 Å². The summed E-state index contributed by atoms with van der Waals surface area (Å²) < 4.78 is 2.16. The summed E-state index contributed by atoms with van der Waals surface area (Å²) in [5.41, 5.74) is 0. The molecule has 2 aliphatic heterocycles. The van der Waals surface area contributed by atoms with E-state index in [9.17, 15) is 9.90 Å². The zero-order valence-corrected chi connectivity index (χ0v) is 13.7. The van der Waals surface area contributed by atoms with Crippen LogP contribution in [0.3, 0.4) is 0 Å². The van der Waals surface area contributed by atoms with Crippen LogP contribution < -0.4 is 5.32 Å². The first-order chi connectivity index (χ1) is 11.3. The molecule has 0 bridgehead atoms. The van der Waals surface area contributed by atoms with Gasteiger partial charge < -0.3 is 19.9 Å². The number of piperidine rings is 1. The van der Waals surface area contributed by atoms with E-state index in [1.54, 1.807) is 0 Å². The number of aliphatic hydroxyl groups excluding tert-OH is 1. The quantitative estimate of drug-likeness (QED) is 0.879. The van der Waals surface area contributed by atoms with E-state index in [0.717, 1.165) is 56.8 Å². The fraction of sp³-hybridized carbons (Fsp3) is 0.812. The number of hydrogen-bond acceptors (Lipinski definition) is 4. The maximum atomic E-state index is 12.5. The van der Waals surface area contributed by atoms with E-state index in [1.165, 1.54) is 12.8 Å². The van der Waals surface area contributed by atoms with Gasteiger partial charge in [-0.1, -0.05) is 6.42 Å². The Morgan fingerprint density at radius 2 is 2.04 bits per heavy atom. The number of aliphatic hydroxyl groups is 1. The van der Waals surface area contributed by atoms with Gasteiger partial charge >= 0.3 is 6.03 Å². The molecule has 3 rings (SSSR count). The fourth-order valence-corrected chi connectivity index (χ4v) is 3.65. The molecule has 1 atom stereocenters. The lowest BCUT2D eigenvalue weighted by atomic mass is 10.0. The number of aromatic nitrogens is 3. The number of carbonyl (C=O) groups excluding carboxylic acids is 1. The molecule has 0 saturated carbocycles. The smallest absolute Gasteiger partial charge is 0.318 e. The lowest BCUT2D eigenvalue weighted by Gasteiger charge is -2.35. The second-order valence-corrected chi connectivity index (χ2v) is 6.51. The van der Waals surface area contributed by atoms with Gasteiger partial charge in [-0.25, -0.2) is 4.79 Å². The molecule has 2 N–H and O–H groups in total. The van der Waals surface area contributed by atoms with Crippen LogP contribution >= 0.6 is 0 Å². The largest absolute Gasteiger partial charge is 0.396 e. The van der Waals surface area contributed by atoms with Gasteiger partial charge in [-0.3, -0.25) is 0 Å². The van der Waals surface area contributed by atoms with E-state index in [0.29, 0.717) is 13.0 Å². The Morgan fingerprint density at radius 3 is 2.91 bits per heavy atom. The number of nitrogens with one attached hydrogen (secondary N) is 1. The predicted octanol–water partition coefficient (Wildman–Crippen LogP) is 1.45. The van der Waals surface area contributed by atoms with Crippen LogP contribution in [-0.2, 0) is 19.5 Å². The van der Waals surface area contributed by atoms with Gasteiger partial charge in [-0.2, -0.15) is 0 Å². The first-order valence-corrected chi connectivity index (χ1v) is 8.86. The third-order valence-corrected chi connectivity index (χ3v) is 4.93. The van der Waals surface area contributed by atoms with E-state index in [-0.39, 0.29) is 18.7 Å². The van der Waals surface area contributed by atoms with Crippen molar-refractivity contribution >= 4 is 6.03 Å². The molecule has 128 valence electrons. The van der Waals surface area contributed by atoms with Crippen molar-refractivity contribution in [2.24, 2.45) is 0 Å². The first kappa shape index (κ1) is 16.2. The van der Waals surface area contributed by atoms with Crippen LogP contribution in [0, 0.1) is 0 Å². The van der Waals surface area contributed by atoms with Gasteiger partial charge in [0, 0.05) is 32.2 Å². The van der Waals surface area contributed by atoms with Crippen LogP contribution in [0.2, 0.25) is 0 Å². The number of nitrogens with zero attached hydrogens (tertiary/aromatic N) is 4. The Hall–Kier alpha value is -1.63. The Labute approximate surface area is 137 Å². The minimum absolute atomic E-state index is 0.0471. The van der Waals surface area contributed by atoms with Crippen molar-refractivity contribution < 1.29 is 9.90 Å². The van der Waals surface area contributed by atoms with E-state index in [2.05, 4.69) is 20.1 Å². The molecule has 1 unspecified atom stereocenters. The Morgan fingerprint density at radius 1 is 1.17 bits per heavy atom. The highest BCUT2D eigenvalue weighted by molar-refractivity contribution is 5.74. The molecule has 7 nitrogen and oxygen atoms in total. The molecule has 0 aliphatic carbocycles. The normalized spacial score (nSPS) is 21.6. The highest BCUT2D eigenvalue weighted by atomic mass is 16.3. The molecule has 2 aliphatic rings. The molecule has 1 saturated heterocycles. The Bertz CT molecular complexity index is 529. The number of aryl methyl sites for hydroxylation is 1. The summed E-state index contributed by atoms with van der Waals surface area (Å²) in [4.78, 5) is 14.4. The summed E-state index contributed by atoms with van der Waals surface area (Å²) in [6.07, 6.45) is 8.33. The molecule has 1 aromatic heterocycles. The van der Waals surface area contributed by atoms with Crippen LogP contribution in [0.15, 0.2) is 0 Å². The number of likely N-dealkylation sites (tertiary alicyclic amines) is 1. The van der Waals surface area contributed by atoms with Crippen molar-refractivity contribution in [1.82, 2.24) is 25.0 Å². The molecule has 3 heterocycles. The Kier molecular flexibility index (Phi) is 5.48. The molecule has 23 heavy (non-hydrogen) atoms. The van der Waals surface area contributed by atoms with Gasteiger partial charge in [0.1, 0.15) is 5.82 Å². The van der Waals surface area contributed by atoms with Crippen LogP contribution in [0.5, 0.6) is 0 Å². The Balaban J connectivity index is 1.59. The number of hydrogen-bond donors (Lipinski definition) is 2. The molecule has 2 amide bonds. The number of amides is 2. The van der Waals surface area contributed by atoms with E-state index < -0.39 is 0 Å². The zero-order chi connectivity index (χ0) is 16.1. The average molecular weight is 321 g/mol. The number of carbonyl (C=O) groups is 1. The molecular weight excluding hydrogens is 294 g/mol. The van der Waals surface area contributed by atoms with Crippen molar-refractivity contribution in [2.75, 3.05) is 13.2 Å². The van der Waals surface area contributed by atoms with Crippen molar-refractivity contribution in [3.05, 3.63) is 11.6 Å². The maximum absolute atomic E-state index is 12.5. The maximum Gasteiger partial charge on any atom is 0.318 e. The van der Waals surface area contributed by atoms with Crippen LogP contribution in [-0.4, -0.2) is 50.0 Å². The van der Waals surface area contributed by atoms with Gasteiger partial charge in [0.25, 0.3) is 0 Å². The second-order valence-electron chi connectivity index (χ2n) is 6.51. The number of rotatable bonds is 4. The first-order valence-electron chi connectivity index (χ1n) is 8.86. The van der Waals surface area contributed by atoms with E-state index in [1.807, 2.05) is 4.90 Å². The summed E-state index contributed by atoms with van der Waals surface area (Å²) in [5.74, 6) is 1.90. The van der Waals surface area contributed by atoms with Crippen molar-refractivity contribution in [2.45, 2.75) is 70.5 Å². The van der Waals surface area contributed by atoms with E-state index >= 15 is 0 Å². The summed E-state index contributed by atoms with van der Waals surface area (Å²) in [6, 6.07) is 0.110. The fourth-order valence-electron chi connectivity index (χ4n) is 3.65. The molecular formula is C16H27N5O2. The van der Waals surface area contributed by atoms with Gasteiger partial charge in [0.15, 0.2) is 5.82 Å². The molecule has 0 radical (unpaired) electrons. The van der Waals surface area contributed by atoms with Crippen molar-refractivity contribution in [1.29, 1.82) is 0 Å². The van der Waals surface area contributed by atoms with Gasteiger partial charge in [-0.05, 0) is 38.5 Å². The molecule has 0 spiro atoms. The lowest BCUT2D eigenvalue weighted by Crippen LogP contribution is -2.48. The van der Waals surface area contributed by atoms with Gasteiger partial charge in [0.05, 0.1) is 6.54 Å².